The zero-order valence-corrected chi connectivity index (χ0v) is 20.0. The van der Waals surface area contributed by atoms with Crippen molar-refractivity contribution in [3.63, 3.8) is 0 Å². The molecule has 1 amide bonds. The number of carbonyl (C=O) groups excluding carboxylic acids is 1. The molecule has 190 valence electrons. The molecule has 3 aromatic rings. The zero-order chi connectivity index (χ0) is 26.2. The predicted octanol–water partition coefficient (Wildman–Crippen LogP) is 5.79. The molecular weight excluding hydrogens is 485 g/mol. The van der Waals surface area contributed by atoms with E-state index >= 15 is 0 Å². The van der Waals surface area contributed by atoms with Gasteiger partial charge >= 0.3 is 6.18 Å². The first kappa shape index (κ1) is 24.3. The van der Waals surface area contributed by atoms with Gasteiger partial charge in [-0.1, -0.05) is 18.2 Å². The van der Waals surface area contributed by atoms with Crippen molar-refractivity contribution in [2.45, 2.75) is 20.0 Å². The second kappa shape index (κ2) is 9.55. The third kappa shape index (κ3) is 4.96. The normalized spacial score (nSPS) is 14.6. The van der Waals surface area contributed by atoms with E-state index in [2.05, 4.69) is 10.8 Å². The number of hydrogen-bond donors (Lipinski definition) is 2. The summed E-state index contributed by atoms with van der Waals surface area (Å²) in [7, 11) is 0. The van der Waals surface area contributed by atoms with Crippen LogP contribution in [0.4, 0.5) is 18.9 Å². The first-order chi connectivity index (χ1) is 17.7. The summed E-state index contributed by atoms with van der Waals surface area (Å²) >= 11 is 0. The molecule has 0 atom stereocenters. The van der Waals surface area contributed by atoms with E-state index < -0.39 is 17.6 Å². The molecule has 2 N–H and O–H groups in total. The van der Waals surface area contributed by atoms with E-state index in [0.29, 0.717) is 29.4 Å². The molecule has 5 rings (SSSR count). The van der Waals surface area contributed by atoms with E-state index in [1.807, 2.05) is 12.2 Å². The third-order valence-corrected chi connectivity index (χ3v) is 5.99. The summed E-state index contributed by atoms with van der Waals surface area (Å²) in [4.78, 5) is 18.2. The van der Waals surface area contributed by atoms with Gasteiger partial charge in [0.1, 0.15) is 12.4 Å². The lowest BCUT2D eigenvalue weighted by atomic mass is 10.1. The average Bonchev–Trinajstić information content (AvgIpc) is 3.45. The zero-order valence-electron chi connectivity index (χ0n) is 20.0. The fraction of sp³-hybridized carbons (Fsp3) is 0.148. The highest BCUT2D eigenvalue weighted by molar-refractivity contribution is 6.05. The standard InChI is InChI=1S/C27H23F3N4O3/c1-17-12-23(18(2)34(17)25-9-4-3-8-24(25)27(28,29)30)26(35)32-20-6-5-7-22(14-20)36-16-19-10-11-33-21(13-19)15-31-37-33/h3-15,31H,16H2,1-2H3,(H,32,35). The minimum atomic E-state index is -4.52. The average molecular weight is 509 g/mol. The van der Waals surface area contributed by atoms with E-state index in [-0.39, 0.29) is 11.3 Å². The number of ether oxygens (including phenoxy) is 1. The fourth-order valence-corrected chi connectivity index (χ4v) is 4.27. The third-order valence-electron chi connectivity index (χ3n) is 5.99. The van der Waals surface area contributed by atoms with Crippen LogP contribution in [0.25, 0.3) is 5.69 Å². The lowest BCUT2D eigenvalue weighted by molar-refractivity contribution is -0.137. The van der Waals surface area contributed by atoms with Crippen molar-refractivity contribution in [1.82, 2.24) is 15.1 Å². The van der Waals surface area contributed by atoms with Crippen LogP contribution in [-0.2, 0) is 11.1 Å². The molecule has 2 aliphatic rings. The molecule has 0 saturated heterocycles. The van der Waals surface area contributed by atoms with Gasteiger partial charge in [0.05, 0.1) is 28.7 Å². The Morgan fingerprint density at radius 2 is 1.92 bits per heavy atom. The Morgan fingerprint density at radius 1 is 1.11 bits per heavy atom. The van der Waals surface area contributed by atoms with Gasteiger partial charge in [0.2, 0.25) is 0 Å². The number of nitrogens with one attached hydrogen (secondary N) is 2. The molecule has 2 aliphatic heterocycles. The highest BCUT2D eigenvalue weighted by Crippen LogP contribution is 2.35. The second-order valence-electron chi connectivity index (χ2n) is 8.54. The Kier molecular flexibility index (Phi) is 6.26. The quantitative estimate of drug-likeness (QED) is 0.441. The number of nitrogens with zero attached hydrogens (tertiary/aromatic N) is 2. The highest BCUT2D eigenvalue weighted by atomic mass is 19.4. The molecular formula is C27H23F3N4O3. The largest absolute Gasteiger partial charge is 0.489 e. The van der Waals surface area contributed by atoms with E-state index in [1.54, 1.807) is 67.7 Å². The molecule has 0 unspecified atom stereocenters. The van der Waals surface area contributed by atoms with Crippen LogP contribution in [-0.4, -0.2) is 22.1 Å². The van der Waals surface area contributed by atoms with Crippen LogP contribution in [0.15, 0.2) is 90.4 Å². The number of benzene rings is 2. The molecule has 10 heteroatoms. The van der Waals surface area contributed by atoms with Gasteiger partial charge in [-0.05, 0) is 61.9 Å². The van der Waals surface area contributed by atoms with Crippen molar-refractivity contribution in [2.75, 3.05) is 11.9 Å². The van der Waals surface area contributed by atoms with Crippen molar-refractivity contribution in [3.8, 4) is 11.4 Å². The summed E-state index contributed by atoms with van der Waals surface area (Å²) in [6.45, 7) is 3.60. The molecule has 37 heavy (non-hydrogen) atoms. The molecule has 0 bridgehead atoms. The van der Waals surface area contributed by atoms with Gasteiger partial charge in [0.25, 0.3) is 5.91 Å². The summed E-state index contributed by atoms with van der Waals surface area (Å²) < 4.78 is 48.1. The smallest absolute Gasteiger partial charge is 0.418 e. The van der Waals surface area contributed by atoms with Crippen LogP contribution in [0.1, 0.15) is 27.3 Å². The monoisotopic (exact) mass is 508 g/mol. The molecule has 0 fully saturated rings. The number of aromatic nitrogens is 1. The fourth-order valence-electron chi connectivity index (χ4n) is 4.27. The van der Waals surface area contributed by atoms with Crippen LogP contribution in [0.5, 0.6) is 5.75 Å². The number of allylic oxidation sites excluding steroid dienone is 1. The minimum Gasteiger partial charge on any atom is -0.489 e. The molecule has 7 nitrogen and oxygen atoms in total. The van der Waals surface area contributed by atoms with E-state index in [4.69, 9.17) is 9.68 Å². The number of para-hydroxylation sites is 1. The predicted molar refractivity (Wildman–Crippen MR) is 132 cm³/mol. The number of alkyl halides is 3. The van der Waals surface area contributed by atoms with E-state index in [9.17, 15) is 18.0 Å². The Balaban J connectivity index is 1.32. The van der Waals surface area contributed by atoms with Crippen molar-refractivity contribution in [2.24, 2.45) is 0 Å². The number of halogens is 3. The van der Waals surface area contributed by atoms with Crippen molar-refractivity contribution in [1.29, 1.82) is 0 Å². The number of fused-ring (bicyclic) bond motifs is 1. The van der Waals surface area contributed by atoms with Crippen molar-refractivity contribution >= 4 is 11.6 Å². The van der Waals surface area contributed by atoms with Gasteiger partial charge < -0.3 is 14.6 Å². The number of anilines is 1. The Morgan fingerprint density at radius 3 is 2.73 bits per heavy atom. The topological polar surface area (TPSA) is 67.8 Å². The highest BCUT2D eigenvalue weighted by Gasteiger charge is 2.34. The van der Waals surface area contributed by atoms with E-state index in [1.165, 1.54) is 16.7 Å². The molecule has 1 aromatic heterocycles. The van der Waals surface area contributed by atoms with Crippen LogP contribution in [0, 0.1) is 13.8 Å². The lowest BCUT2D eigenvalue weighted by Crippen LogP contribution is -2.17. The number of carbonyl (C=O) groups is 1. The maximum Gasteiger partial charge on any atom is 0.418 e. The maximum atomic E-state index is 13.6. The van der Waals surface area contributed by atoms with Gasteiger partial charge in [-0.2, -0.15) is 18.1 Å². The van der Waals surface area contributed by atoms with Gasteiger partial charge in [-0.25, -0.2) is 10.5 Å². The van der Waals surface area contributed by atoms with Crippen molar-refractivity contribution in [3.05, 3.63) is 113 Å². The second-order valence-corrected chi connectivity index (χ2v) is 8.54. The van der Waals surface area contributed by atoms with E-state index in [0.717, 1.165) is 17.3 Å². The van der Waals surface area contributed by atoms with Crippen molar-refractivity contribution < 1.29 is 27.6 Å². The number of hydrogen-bond acceptors (Lipinski definition) is 5. The van der Waals surface area contributed by atoms with Gasteiger partial charge in [-0.3, -0.25) is 4.79 Å². The number of aryl methyl sites for hydroxylation is 1. The molecule has 2 aromatic carbocycles. The molecule has 0 aliphatic carbocycles. The Bertz CT molecular complexity index is 1450. The molecule has 0 spiro atoms. The van der Waals surface area contributed by atoms with Gasteiger partial charge in [0.15, 0.2) is 0 Å². The Labute approximate surface area is 211 Å². The number of amides is 1. The first-order valence-corrected chi connectivity index (χ1v) is 11.4. The van der Waals surface area contributed by atoms with Gasteiger partial charge in [0, 0.05) is 29.3 Å². The summed E-state index contributed by atoms with van der Waals surface area (Å²) in [5.41, 5.74) is 5.34. The Hall–Kier alpha value is -4.44. The molecule has 3 heterocycles. The number of rotatable bonds is 6. The lowest BCUT2D eigenvalue weighted by Gasteiger charge is -2.17. The molecule has 0 saturated carbocycles. The summed E-state index contributed by atoms with van der Waals surface area (Å²) in [5.74, 6) is 0.119. The minimum absolute atomic E-state index is 0.0238. The first-order valence-electron chi connectivity index (χ1n) is 11.4. The van der Waals surface area contributed by atoms with Gasteiger partial charge in [-0.15, -0.1) is 0 Å². The summed E-state index contributed by atoms with van der Waals surface area (Å²) in [5, 5.41) is 4.40. The SMILES string of the molecule is Cc1cc(C(=O)Nc2cccc(OCC3=CC4=CNON4C=C3)c2)c(C)n1-c1ccccc1C(F)(F)F. The van der Waals surface area contributed by atoms with Crippen LogP contribution >= 0.6 is 0 Å². The molecule has 0 radical (unpaired) electrons. The maximum absolute atomic E-state index is 13.6. The van der Waals surface area contributed by atoms with Crippen LogP contribution in [0.3, 0.4) is 0 Å². The van der Waals surface area contributed by atoms with Crippen LogP contribution in [0.2, 0.25) is 0 Å². The number of hydroxylamine groups is 3. The van der Waals surface area contributed by atoms with Crippen LogP contribution < -0.4 is 15.5 Å². The summed E-state index contributed by atoms with van der Waals surface area (Å²) in [6, 6.07) is 13.8. The summed E-state index contributed by atoms with van der Waals surface area (Å²) in [6.07, 6.45) is 2.74.